The molecule has 1 aromatic heterocycles. The van der Waals surface area contributed by atoms with E-state index in [4.69, 9.17) is 9.81 Å². The lowest BCUT2D eigenvalue weighted by Gasteiger charge is -2.11. The van der Waals surface area contributed by atoms with E-state index in [0.29, 0.717) is 23.1 Å². The van der Waals surface area contributed by atoms with Crippen molar-refractivity contribution in [3.8, 4) is 5.75 Å². The lowest BCUT2D eigenvalue weighted by molar-refractivity contribution is -0.432. The first-order chi connectivity index (χ1) is 24.2. The third-order valence-electron chi connectivity index (χ3n) is 6.60. The second-order valence-corrected chi connectivity index (χ2v) is 13.9. The maximum absolute atomic E-state index is 13.5. The molecule has 22 heteroatoms. The van der Waals surface area contributed by atoms with Gasteiger partial charge in [-0.05, 0) is 72.1 Å². The van der Waals surface area contributed by atoms with Crippen LogP contribution in [0.2, 0.25) is 0 Å². The van der Waals surface area contributed by atoms with Crippen molar-refractivity contribution >= 4 is 77.5 Å². The van der Waals surface area contributed by atoms with Crippen molar-refractivity contribution in [1.82, 2.24) is 9.97 Å². The third kappa shape index (κ3) is 9.95. The number of nitrogens with one attached hydrogen (secondary N) is 2. The fourth-order valence-corrected chi connectivity index (χ4v) is 6.32. The molecule has 0 fully saturated rings. The number of phenolic OH excluding ortho intramolecular Hbond substituents is 1. The van der Waals surface area contributed by atoms with Crippen molar-refractivity contribution in [2.24, 2.45) is 10.2 Å². The number of sulfone groups is 1. The highest BCUT2D eigenvalue weighted by Crippen LogP contribution is 2.44. The molecule has 0 atom stereocenters. The fraction of sp³-hybridized carbons (Fsp3) is 0.0690. The summed E-state index contributed by atoms with van der Waals surface area (Å²) >= 11 is 0.510. The van der Waals surface area contributed by atoms with Crippen molar-refractivity contribution < 1.29 is 58.9 Å². The van der Waals surface area contributed by atoms with E-state index < -0.39 is 50.5 Å². The normalized spacial score (nSPS) is 12.0. The second-order valence-electron chi connectivity index (χ2n) is 10.00. The topological polar surface area (TPSA) is 248 Å². The predicted molar refractivity (Wildman–Crippen MR) is 176 cm³/mol. The lowest BCUT2D eigenvalue weighted by atomic mass is 10.1. The van der Waals surface area contributed by atoms with Crippen molar-refractivity contribution in [3.63, 3.8) is 0 Å². The first-order valence-electron chi connectivity index (χ1n) is 13.9. The SMILES string of the molecule is O=C(Nc1ccc(S(=O)(=O)CCOS(=O)(=O)O)cc1)c1ccc(N=Nc2c(SOOO)cc3ccc(Nc4cc(F)nc(F)n4)cc3c2O)cc1. The van der Waals surface area contributed by atoms with E-state index in [1.807, 2.05) is 0 Å². The van der Waals surface area contributed by atoms with Gasteiger partial charge in [-0.1, -0.05) is 11.1 Å². The highest BCUT2D eigenvalue weighted by atomic mass is 32.3. The number of aromatic nitrogens is 2. The number of amides is 1. The number of carbonyl (C=O) groups is 1. The van der Waals surface area contributed by atoms with Crippen molar-refractivity contribution in [2.45, 2.75) is 9.79 Å². The van der Waals surface area contributed by atoms with E-state index in [1.54, 1.807) is 12.1 Å². The number of halogens is 2. The van der Waals surface area contributed by atoms with Gasteiger partial charge in [-0.15, -0.1) is 9.45 Å². The summed E-state index contributed by atoms with van der Waals surface area (Å²) in [4.78, 5) is 19.2. The molecule has 0 saturated heterocycles. The second kappa shape index (κ2) is 15.8. The van der Waals surface area contributed by atoms with Crippen LogP contribution < -0.4 is 10.6 Å². The lowest BCUT2D eigenvalue weighted by Crippen LogP contribution is -2.15. The minimum absolute atomic E-state index is 0.112. The molecule has 0 saturated carbocycles. The van der Waals surface area contributed by atoms with Gasteiger partial charge in [0, 0.05) is 28.4 Å². The highest BCUT2D eigenvalue weighted by Gasteiger charge is 2.18. The molecule has 266 valence electrons. The molecule has 1 heterocycles. The number of hydrogen-bond donors (Lipinski definition) is 5. The molecular formula is C29H22F2N6O11S3. The number of fused-ring (bicyclic) bond motifs is 1. The molecule has 5 N–H and O–H groups in total. The van der Waals surface area contributed by atoms with Crippen molar-refractivity contribution in [2.75, 3.05) is 23.0 Å². The standard InChI is InChI=1S/C29H22F2N6O11S3/c30-24-15-25(35-29(31)34-24)32-20-6-3-17-13-23(49-48-47-40)26(27(38)22(17)14-20)37-36-19-4-1-16(2-5-19)28(39)33-18-7-9-21(10-8-18)50(41,42)12-11-46-51(43,44)45/h1-10,13-15,38,40H,11-12H2,(H,33,39)(H,32,34,35)(H,43,44,45). The van der Waals surface area contributed by atoms with Crippen LogP contribution >= 0.6 is 12.0 Å². The smallest absolute Gasteiger partial charge is 0.397 e. The van der Waals surface area contributed by atoms with Crippen LogP contribution in [0.4, 0.5) is 37.3 Å². The molecule has 0 aliphatic rings. The first-order valence-corrected chi connectivity index (χ1v) is 17.7. The molecule has 0 bridgehead atoms. The van der Waals surface area contributed by atoms with Gasteiger partial charge < -0.3 is 15.7 Å². The maximum atomic E-state index is 13.5. The number of hydrogen-bond acceptors (Lipinski definition) is 16. The Kier molecular flexibility index (Phi) is 11.5. The van der Waals surface area contributed by atoms with Crippen molar-refractivity contribution in [1.29, 1.82) is 0 Å². The third-order valence-corrected chi connectivity index (χ3v) is 9.38. The molecule has 0 spiro atoms. The zero-order chi connectivity index (χ0) is 36.8. The average Bonchev–Trinajstić information content (AvgIpc) is 3.06. The molecule has 5 rings (SSSR count). The van der Waals surface area contributed by atoms with Gasteiger partial charge in [0.25, 0.3) is 5.91 Å². The van der Waals surface area contributed by atoms with E-state index in [0.717, 1.165) is 6.07 Å². The number of benzene rings is 4. The first kappa shape index (κ1) is 37.1. The molecule has 51 heavy (non-hydrogen) atoms. The number of carbonyl (C=O) groups excluding carboxylic acids is 1. The quantitative estimate of drug-likeness (QED) is 0.0164. The zero-order valence-corrected chi connectivity index (χ0v) is 27.7. The summed E-state index contributed by atoms with van der Waals surface area (Å²) < 4.78 is 90.1. The van der Waals surface area contributed by atoms with E-state index in [2.05, 4.69) is 44.4 Å². The number of rotatable bonds is 14. The summed E-state index contributed by atoms with van der Waals surface area (Å²) in [7, 11) is -8.74. The number of anilines is 3. The molecular weight excluding hydrogens is 743 g/mol. The molecule has 0 radical (unpaired) electrons. The van der Waals surface area contributed by atoms with Gasteiger partial charge in [0.15, 0.2) is 15.6 Å². The van der Waals surface area contributed by atoms with Gasteiger partial charge in [0.05, 0.1) is 39.9 Å². The Bertz CT molecular complexity index is 2310. The molecule has 4 aromatic carbocycles. The van der Waals surface area contributed by atoms with Crippen LogP contribution in [0.15, 0.2) is 98.9 Å². The van der Waals surface area contributed by atoms with Gasteiger partial charge >= 0.3 is 16.5 Å². The Labute approximate surface area is 290 Å². The zero-order valence-electron chi connectivity index (χ0n) is 25.3. The summed E-state index contributed by atoms with van der Waals surface area (Å²) in [5.41, 5.74) is 0.871. The predicted octanol–water partition coefficient (Wildman–Crippen LogP) is 6.05. The van der Waals surface area contributed by atoms with Gasteiger partial charge in [-0.3, -0.25) is 9.35 Å². The monoisotopic (exact) mass is 764 g/mol. The molecule has 5 aromatic rings. The number of phenols is 1. The summed E-state index contributed by atoms with van der Waals surface area (Å²) in [6.45, 7) is -0.787. The minimum atomic E-state index is -4.79. The summed E-state index contributed by atoms with van der Waals surface area (Å²) in [6.07, 6.45) is -1.28. The Hall–Kier alpha value is -5.20. The molecule has 1 amide bonds. The summed E-state index contributed by atoms with van der Waals surface area (Å²) in [6, 6.07) is 17.8. The van der Waals surface area contributed by atoms with Crippen molar-refractivity contribution in [3.05, 3.63) is 96.5 Å². The Morgan fingerprint density at radius 2 is 1.61 bits per heavy atom. The van der Waals surface area contributed by atoms with Crippen LogP contribution in [-0.2, 0) is 33.8 Å². The van der Waals surface area contributed by atoms with Crippen LogP contribution in [0, 0.1) is 12.0 Å². The maximum Gasteiger partial charge on any atom is 0.397 e. The largest absolute Gasteiger partial charge is 0.505 e. The van der Waals surface area contributed by atoms with Gasteiger partial charge in [-0.2, -0.15) is 32.3 Å². The average molecular weight is 765 g/mol. The van der Waals surface area contributed by atoms with Gasteiger partial charge in [0.2, 0.25) is 5.95 Å². The Morgan fingerprint density at radius 1 is 0.902 bits per heavy atom. The van der Waals surface area contributed by atoms with E-state index >= 15 is 0 Å². The molecule has 0 aliphatic heterocycles. The van der Waals surface area contributed by atoms with Gasteiger partial charge in [-0.25, -0.2) is 17.9 Å². The fourth-order valence-electron chi connectivity index (χ4n) is 4.34. The summed E-state index contributed by atoms with van der Waals surface area (Å²) in [5, 5.41) is 37.7. The molecule has 17 nitrogen and oxygen atoms in total. The minimum Gasteiger partial charge on any atom is -0.505 e. The van der Waals surface area contributed by atoms with E-state index in [1.165, 1.54) is 60.7 Å². The van der Waals surface area contributed by atoms with Crippen LogP contribution in [0.5, 0.6) is 5.75 Å². The number of azo groups is 1. The van der Waals surface area contributed by atoms with Gasteiger partial charge in [0.1, 0.15) is 11.5 Å². The van der Waals surface area contributed by atoms with E-state index in [-0.39, 0.29) is 49.4 Å². The number of aromatic hydroxyl groups is 1. The molecule has 0 aliphatic carbocycles. The van der Waals surface area contributed by atoms with Crippen LogP contribution in [-0.4, -0.2) is 60.0 Å². The van der Waals surface area contributed by atoms with Crippen LogP contribution in [0.3, 0.4) is 0 Å². The number of nitrogens with zero attached hydrogens (tertiary/aromatic N) is 4. The van der Waals surface area contributed by atoms with Crippen LogP contribution in [0.1, 0.15) is 10.4 Å². The molecule has 0 unspecified atom stereocenters. The van der Waals surface area contributed by atoms with E-state index in [9.17, 15) is 35.5 Å². The Balaban J connectivity index is 1.30. The summed E-state index contributed by atoms with van der Waals surface area (Å²) in [5.74, 6) is -2.93. The Morgan fingerprint density at radius 3 is 2.27 bits per heavy atom. The highest BCUT2D eigenvalue weighted by molar-refractivity contribution is 7.94. The van der Waals surface area contributed by atoms with Crippen LogP contribution in [0.25, 0.3) is 10.8 Å².